The first-order valence-corrected chi connectivity index (χ1v) is 6.59. The van der Waals surface area contributed by atoms with Gasteiger partial charge in [0.05, 0.1) is 12.8 Å². The van der Waals surface area contributed by atoms with Gasteiger partial charge in [0.1, 0.15) is 11.9 Å². The molecule has 0 bridgehead atoms. The van der Waals surface area contributed by atoms with Crippen LogP contribution in [0.1, 0.15) is 11.1 Å². The quantitative estimate of drug-likeness (QED) is 0.920. The summed E-state index contributed by atoms with van der Waals surface area (Å²) in [7, 11) is 1.57. The summed E-state index contributed by atoms with van der Waals surface area (Å²) in [6.45, 7) is 2.58. The smallest absolute Gasteiger partial charge is 0.233 e. The van der Waals surface area contributed by atoms with Crippen molar-refractivity contribution >= 4 is 0 Å². The van der Waals surface area contributed by atoms with Crippen molar-refractivity contribution in [1.29, 1.82) is 0 Å². The van der Waals surface area contributed by atoms with Crippen LogP contribution >= 0.6 is 0 Å². The second kappa shape index (κ2) is 5.09. The van der Waals surface area contributed by atoms with Gasteiger partial charge in [-0.3, -0.25) is 0 Å². The van der Waals surface area contributed by atoms with Crippen LogP contribution in [0.4, 0.5) is 0 Å². The van der Waals surface area contributed by atoms with Gasteiger partial charge >= 0.3 is 0 Å². The first kappa shape index (κ1) is 12.9. The molecule has 1 unspecified atom stereocenters. The van der Waals surface area contributed by atoms with E-state index >= 15 is 0 Å². The number of nitrogens with zero attached hydrogens (tertiary/aromatic N) is 2. The zero-order valence-electron chi connectivity index (χ0n) is 11.6. The average molecular weight is 271 g/mol. The Morgan fingerprint density at radius 2 is 2.20 bits per heavy atom. The maximum Gasteiger partial charge on any atom is 0.233 e. The second-order valence-electron chi connectivity index (χ2n) is 4.94. The molecule has 0 spiro atoms. The van der Waals surface area contributed by atoms with E-state index in [1.165, 1.54) is 11.1 Å². The van der Waals surface area contributed by atoms with Crippen molar-refractivity contribution in [1.82, 2.24) is 10.2 Å². The number of hydrogen-bond acceptors (Lipinski definition) is 5. The second-order valence-corrected chi connectivity index (χ2v) is 4.94. The normalized spacial score (nSPS) is 16.6. The highest BCUT2D eigenvalue weighted by Crippen LogP contribution is 2.39. The van der Waals surface area contributed by atoms with Crippen LogP contribution in [-0.4, -0.2) is 30.0 Å². The van der Waals surface area contributed by atoms with E-state index in [-0.39, 0.29) is 6.10 Å². The van der Waals surface area contributed by atoms with E-state index in [2.05, 4.69) is 29.3 Å². The van der Waals surface area contributed by atoms with Crippen molar-refractivity contribution in [2.75, 3.05) is 13.7 Å². The van der Waals surface area contributed by atoms with Gasteiger partial charge in [-0.2, -0.15) is 0 Å². The summed E-state index contributed by atoms with van der Waals surface area (Å²) in [5.41, 5.74) is 9.82. The molecule has 1 atom stereocenters. The predicted molar refractivity (Wildman–Crippen MR) is 75.9 cm³/mol. The Morgan fingerprint density at radius 3 is 2.85 bits per heavy atom. The zero-order valence-corrected chi connectivity index (χ0v) is 11.6. The van der Waals surface area contributed by atoms with Gasteiger partial charge in [0, 0.05) is 24.6 Å². The summed E-state index contributed by atoms with van der Waals surface area (Å²) in [5.74, 6) is 1.38. The molecule has 2 heterocycles. The summed E-state index contributed by atoms with van der Waals surface area (Å²) in [6.07, 6.45) is 0.904. The van der Waals surface area contributed by atoms with Crippen LogP contribution in [0.3, 0.4) is 0 Å². The molecule has 0 amide bonds. The molecule has 2 N–H and O–H groups in total. The topological polar surface area (TPSA) is 70.3 Å². The van der Waals surface area contributed by atoms with E-state index in [1.807, 2.05) is 6.07 Å². The molecule has 2 aromatic rings. The van der Waals surface area contributed by atoms with Crippen molar-refractivity contribution in [2.24, 2.45) is 5.73 Å². The lowest BCUT2D eigenvalue weighted by atomic mass is 10.0. The van der Waals surface area contributed by atoms with E-state index in [4.69, 9.17) is 15.2 Å². The molecule has 0 fully saturated rings. The maximum atomic E-state index is 5.93. The fraction of sp³-hybridized carbons (Fsp3) is 0.333. The maximum absolute atomic E-state index is 5.93. The molecule has 5 nitrogen and oxygen atoms in total. The third-order valence-electron chi connectivity index (χ3n) is 3.43. The van der Waals surface area contributed by atoms with Crippen molar-refractivity contribution < 1.29 is 9.47 Å². The van der Waals surface area contributed by atoms with Crippen LogP contribution in [0, 0.1) is 6.92 Å². The summed E-state index contributed by atoms with van der Waals surface area (Å²) in [4.78, 5) is 0. The first-order chi connectivity index (χ1) is 9.71. The monoisotopic (exact) mass is 271 g/mol. The average Bonchev–Trinajstić information content (AvgIpc) is 2.89. The number of hydrogen-bond donors (Lipinski definition) is 1. The molecular weight excluding hydrogens is 254 g/mol. The number of aryl methyl sites for hydroxylation is 1. The minimum atomic E-state index is 0.0526. The molecule has 1 aromatic carbocycles. The van der Waals surface area contributed by atoms with Gasteiger partial charge in [0.2, 0.25) is 5.88 Å². The van der Waals surface area contributed by atoms with E-state index in [9.17, 15) is 0 Å². The van der Waals surface area contributed by atoms with Gasteiger partial charge in [0.15, 0.2) is 0 Å². The van der Waals surface area contributed by atoms with Gasteiger partial charge < -0.3 is 15.2 Å². The molecule has 1 aromatic heterocycles. The standard InChI is InChI=1S/C15H17N3O2/c1-9-5-10-7-11(8-16)20-15(10)12(6-9)13-3-4-14(19-2)18-17-13/h3-6,11H,7-8,16H2,1-2H3. The van der Waals surface area contributed by atoms with Crippen molar-refractivity contribution in [2.45, 2.75) is 19.4 Å². The van der Waals surface area contributed by atoms with Gasteiger partial charge in [0.25, 0.3) is 0 Å². The van der Waals surface area contributed by atoms with E-state index in [1.54, 1.807) is 13.2 Å². The SMILES string of the molecule is COc1ccc(-c2cc(C)cc3c2OC(CN)C3)nn1. The molecule has 1 aliphatic rings. The van der Waals surface area contributed by atoms with E-state index in [0.29, 0.717) is 12.4 Å². The number of fused-ring (bicyclic) bond motifs is 1. The number of rotatable bonds is 3. The summed E-state index contributed by atoms with van der Waals surface area (Å²) in [6, 6.07) is 7.89. The van der Waals surface area contributed by atoms with E-state index < -0.39 is 0 Å². The zero-order chi connectivity index (χ0) is 14.1. The van der Waals surface area contributed by atoms with Crippen molar-refractivity contribution in [3.63, 3.8) is 0 Å². The predicted octanol–water partition coefficient (Wildman–Crippen LogP) is 1.72. The lowest BCUT2D eigenvalue weighted by Gasteiger charge is -2.11. The number of nitrogens with two attached hydrogens (primary N) is 1. The Bertz CT molecular complexity index is 626. The fourth-order valence-corrected chi connectivity index (χ4v) is 2.49. The number of methoxy groups -OCH3 is 1. The Morgan fingerprint density at radius 1 is 1.35 bits per heavy atom. The third kappa shape index (κ3) is 2.20. The molecule has 20 heavy (non-hydrogen) atoms. The van der Waals surface area contributed by atoms with Gasteiger partial charge in [-0.05, 0) is 30.2 Å². The first-order valence-electron chi connectivity index (χ1n) is 6.59. The highest BCUT2D eigenvalue weighted by molar-refractivity contribution is 5.71. The van der Waals surface area contributed by atoms with Crippen LogP contribution in [0.5, 0.6) is 11.6 Å². The van der Waals surface area contributed by atoms with Gasteiger partial charge in [-0.1, -0.05) is 6.07 Å². The lowest BCUT2D eigenvalue weighted by Crippen LogP contribution is -2.24. The summed E-state index contributed by atoms with van der Waals surface area (Å²) < 4.78 is 11.0. The van der Waals surface area contributed by atoms with Crippen LogP contribution in [0.15, 0.2) is 24.3 Å². The van der Waals surface area contributed by atoms with Crippen molar-refractivity contribution in [3.8, 4) is 22.9 Å². The highest BCUT2D eigenvalue weighted by Gasteiger charge is 2.25. The van der Waals surface area contributed by atoms with Crippen LogP contribution < -0.4 is 15.2 Å². The number of ether oxygens (including phenoxy) is 2. The Hall–Kier alpha value is -2.14. The summed E-state index contributed by atoms with van der Waals surface area (Å²) >= 11 is 0. The third-order valence-corrected chi connectivity index (χ3v) is 3.43. The molecule has 0 radical (unpaired) electrons. The van der Waals surface area contributed by atoms with Gasteiger partial charge in [-0.25, -0.2) is 0 Å². The van der Waals surface area contributed by atoms with Crippen LogP contribution in [0.2, 0.25) is 0 Å². The fourth-order valence-electron chi connectivity index (χ4n) is 2.49. The lowest BCUT2D eigenvalue weighted by molar-refractivity contribution is 0.242. The van der Waals surface area contributed by atoms with Crippen LogP contribution in [0.25, 0.3) is 11.3 Å². The molecule has 5 heteroatoms. The Balaban J connectivity index is 2.05. The largest absolute Gasteiger partial charge is 0.488 e. The highest BCUT2D eigenvalue weighted by atomic mass is 16.5. The molecule has 0 saturated heterocycles. The number of benzene rings is 1. The van der Waals surface area contributed by atoms with E-state index in [0.717, 1.165) is 23.4 Å². The van der Waals surface area contributed by atoms with Crippen LogP contribution in [-0.2, 0) is 6.42 Å². The minimum Gasteiger partial charge on any atom is -0.488 e. The molecule has 104 valence electrons. The minimum absolute atomic E-state index is 0.0526. The number of aromatic nitrogens is 2. The summed E-state index contributed by atoms with van der Waals surface area (Å²) in [5, 5.41) is 8.22. The molecule has 1 aliphatic heterocycles. The molecule has 0 aliphatic carbocycles. The Labute approximate surface area is 117 Å². The Kier molecular flexibility index (Phi) is 3.28. The molecule has 3 rings (SSSR count). The van der Waals surface area contributed by atoms with Gasteiger partial charge in [-0.15, -0.1) is 10.2 Å². The molecular formula is C15H17N3O2. The van der Waals surface area contributed by atoms with Crippen molar-refractivity contribution in [3.05, 3.63) is 35.4 Å². The molecule has 0 saturated carbocycles.